The molecule has 0 aliphatic rings. The van der Waals surface area contributed by atoms with Crippen molar-refractivity contribution >= 4 is 23.2 Å². The summed E-state index contributed by atoms with van der Waals surface area (Å²) in [5, 5.41) is 5.43. The number of benzene rings is 2. The smallest absolute Gasteiger partial charge is 0.238 e. The van der Waals surface area contributed by atoms with Gasteiger partial charge in [0, 0.05) is 5.69 Å². The summed E-state index contributed by atoms with van der Waals surface area (Å²) in [7, 11) is 1.67. The summed E-state index contributed by atoms with van der Waals surface area (Å²) >= 11 is 0. The van der Waals surface area contributed by atoms with E-state index in [1.165, 1.54) is 12.1 Å². The van der Waals surface area contributed by atoms with Crippen LogP contribution in [0.1, 0.15) is 22.3 Å². The lowest BCUT2D eigenvalue weighted by atomic mass is 10.1. The number of hydrogen-bond acceptors (Lipinski definition) is 3. The predicted molar refractivity (Wildman–Crippen MR) is 107 cm³/mol. The normalized spacial score (nSPS) is 10.8. The van der Waals surface area contributed by atoms with Crippen LogP contribution in [0.2, 0.25) is 0 Å². The quantitative estimate of drug-likeness (QED) is 0.816. The van der Waals surface area contributed by atoms with Crippen molar-refractivity contribution in [3.8, 4) is 0 Å². The molecule has 0 bridgehead atoms. The van der Waals surface area contributed by atoms with E-state index in [0.29, 0.717) is 0 Å². The van der Waals surface area contributed by atoms with Crippen LogP contribution < -0.4 is 10.6 Å². The summed E-state index contributed by atoms with van der Waals surface area (Å²) in [4.78, 5) is 26.0. The van der Waals surface area contributed by atoms with Gasteiger partial charge in [0.25, 0.3) is 0 Å². The molecule has 0 aliphatic carbocycles. The second-order valence-electron chi connectivity index (χ2n) is 7.03. The molecule has 0 spiro atoms. The minimum absolute atomic E-state index is 0.0212. The lowest BCUT2D eigenvalue weighted by Gasteiger charge is -2.18. The van der Waals surface area contributed by atoms with Crippen LogP contribution in [0.3, 0.4) is 0 Å². The van der Waals surface area contributed by atoms with E-state index in [0.717, 1.165) is 27.9 Å². The molecule has 27 heavy (non-hydrogen) atoms. The first-order valence-corrected chi connectivity index (χ1v) is 8.78. The Morgan fingerprint density at radius 3 is 2.00 bits per heavy atom. The van der Waals surface area contributed by atoms with Gasteiger partial charge in [0.05, 0.1) is 18.8 Å². The van der Waals surface area contributed by atoms with Gasteiger partial charge in [-0.15, -0.1) is 0 Å². The topological polar surface area (TPSA) is 61.4 Å². The number of rotatable bonds is 6. The number of likely N-dealkylation sites (N-methyl/N-ethyl adjacent to an activating group) is 1. The average Bonchev–Trinajstić information content (AvgIpc) is 2.53. The van der Waals surface area contributed by atoms with Crippen LogP contribution >= 0.6 is 0 Å². The highest BCUT2D eigenvalue weighted by Gasteiger charge is 2.14. The lowest BCUT2D eigenvalue weighted by Crippen LogP contribution is -2.36. The second-order valence-corrected chi connectivity index (χ2v) is 7.03. The van der Waals surface area contributed by atoms with Crippen LogP contribution in [0.25, 0.3) is 0 Å². The highest BCUT2D eigenvalue weighted by Crippen LogP contribution is 2.21. The molecule has 0 atom stereocenters. The number of carbonyl (C=O) groups is 2. The van der Waals surface area contributed by atoms with Crippen molar-refractivity contribution in [2.24, 2.45) is 0 Å². The Morgan fingerprint density at radius 2 is 1.44 bits per heavy atom. The first kappa shape index (κ1) is 20.6. The third kappa shape index (κ3) is 5.89. The Labute approximate surface area is 159 Å². The van der Waals surface area contributed by atoms with Crippen LogP contribution in [0.15, 0.2) is 30.3 Å². The molecule has 2 aromatic rings. The summed E-state index contributed by atoms with van der Waals surface area (Å²) in [5.41, 5.74) is 4.84. The molecule has 6 heteroatoms. The summed E-state index contributed by atoms with van der Waals surface area (Å²) in [6.07, 6.45) is 0. The van der Waals surface area contributed by atoms with E-state index in [1.54, 1.807) is 24.9 Å². The van der Waals surface area contributed by atoms with Gasteiger partial charge in [0.1, 0.15) is 5.82 Å². The zero-order chi connectivity index (χ0) is 20.1. The molecule has 2 N–H and O–H groups in total. The largest absolute Gasteiger partial charge is 0.324 e. The van der Waals surface area contributed by atoms with Crippen molar-refractivity contribution in [3.63, 3.8) is 0 Å². The highest BCUT2D eigenvalue weighted by molar-refractivity contribution is 5.95. The monoisotopic (exact) mass is 371 g/mol. The van der Waals surface area contributed by atoms with E-state index in [2.05, 4.69) is 10.6 Å². The van der Waals surface area contributed by atoms with Gasteiger partial charge in [0.2, 0.25) is 11.8 Å². The van der Waals surface area contributed by atoms with Crippen LogP contribution in [-0.2, 0) is 9.59 Å². The van der Waals surface area contributed by atoms with Crippen molar-refractivity contribution in [1.82, 2.24) is 4.90 Å². The fraction of sp³-hybridized carbons (Fsp3) is 0.333. The maximum absolute atomic E-state index is 13.8. The number of aryl methyl sites for hydroxylation is 4. The predicted octanol–water partition coefficient (Wildman–Crippen LogP) is 3.57. The molecule has 2 amide bonds. The van der Waals surface area contributed by atoms with Gasteiger partial charge in [-0.05, 0) is 63.6 Å². The first-order chi connectivity index (χ1) is 12.7. The van der Waals surface area contributed by atoms with Crippen molar-refractivity contribution in [1.29, 1.82) is 0 Å². The van der Waals surface area contributed by atoms with Crippen LogP contribution in [0, 0.1) is 33.5 Å². The summed E-state index contributed by atoms with van der Waals surface area (Å²) in [5.74, 6) is -1.06. The third-order valence-electron chi connectivity index (χ3n) is 4.17. The molecule has 0 saturated heterocycles. The van der Waals surface area contributed by atoms with E-state index < -0.39 is 5.82 Å². The number of carbonyl (C=O) groups excluding carboxylic acids is 2. The minimum atomic E-state index is -0.478. The maximum Gasteiger partial charge on any atom is 0.238 e. The zero-order valence-electron chi connectivity index (χ0n) is 16.4. The van der Waals surface area contributed by atoms with Gasteiger partial charge in [0.15, 0.2) is 0 Å². The number of hydrogen-bond donors (Lipinski definition) is 2. The van der Waals surface area contributed by atoms with Crippen LogP contribution in [-0.4, -0.2) is 36.9 Å². The number of nitrogens with zero attached hydrogens (tertiary/aromatic N) is 1. The molecule has 0 heterocycles. The van der Waals surface area contributed by atoms with Gasteiger partial charge < -0.3 is 10.6 Å². The Bertz CT molecular complexity index is 841. The van der Waals surface area contributed by atoms with Crippen LogP contribution in [0.4, 0.5) is 15.8 Å². The molecule has 5 nitrogen and oxygen atoms in total. The van der Waals surface area contributed by atoms with Gasteiger partial charge in [-0.1, -0.05) is 23.8 Å². The van der Waals surface area contributed by atoms with E-state index in [4.69, 9.17) is 0 Å². The molecule has 0 aliphatic heterocycles. The Balaban J connectivity index is 1.90. The Morgan fingerprint density at radius 1 is 0.889 bits per heavy atom. The number of anilines is 2. The molecule has 0 unspecified atom stereocenters. The first-order valence-electron chi connectivity index (χ1n) is 8.78. The molecule has 0 radical (unpaired) electrons. The van der Waals surface area contributed by atoms with Crippen molar-refractivity contribution in [2.45, 2.75) is 27.7 Å². The number of nitrogens with one attached hydrogen (secondary N) is 2. The van der Waals surface area contributed by atoms with Crippen LogP contribution in [0.5, 0.6) is 0 Å². The fourth-order valence-corrected chi connectivity index (χ4v) is 3.01. The SMILES string of the molecule is Cc1cc(C)c(NC(=O)CN(C)CC(=O)Nc2ccc(C)cc2F)c(C)c1. The average molecular weight is 371 g/mol. The van der Waals surface area contributed by atoms with Gasteiger partial charge in [-0.25, -0.2) is 4.39 Å². The number of halogens is 1. The lowest BCUT2D eigenvalue weighted by molar-refractivity contribution is -0.119. The molecule has 0 aromatic heterocycles. The summed E-state index contributed by atoms with van der Waals surface area (Å²) in [6, 6.07) is 8.63. The summed E-state index contributed by atoms with van der Waals surface area (Å²) in [6.45, 7) is 7.71. The van der Waals surface area contributed by atoms with E-state index in [9.17, 15) is 14.0 Å². The van der Waals surface area contributed by atoms with E-state index >= 15 is 0 Å². The standard InChI is InChI=1S/C21H26FN3O2/c1-13-6-7-18(17(22)10-13)23-19(26)11-25(5)12-20(27)24-21-15(3)8-14(2)9-16(21)4/h6-10H,11-12H2,1-5H3,(H,23,26)(H,24,27). The zero-order valence-corrected chi connectivity index (χ0v) is 16.4. The Hall–Kier alpha value is -2.73. The fourth-order valence-electron chi connectivity index (χ4n) is 3.01. The van der Waals surface area contributed by atoms with Gasteiger partial charge >= 0.3 is 0 Å². The van der Waals surface area contributed by atoms with E-state index in [-0.39, 0.29) is 30.6 Å². The molecule has 0 saturated carbocycles. The van der Waals surface area contributed by atoms with E-state index in [1.807, 2.05) is 32.9 Å². The molecule has 144 valence electrons. The molecule has 2 aromatic carbocycles. The van der Waals surface area contributed by atoms with Crippen molar-refractivity contribution < 1.29 is 14.0 Å². The van der Waals surface area contributed by atoms with Gasteiger partial charge in [-0.3, -0.25) is 14.5 Å². The Kier molecular flexibility index (Phi) is 6.69. The molecular weight excluding hydrogens is 345 g/mol. The minimum Gasteiger partial charge on any atom is -0.324 e. The number of amides is 2. The molecular formula is C21H26FN3O2. The third-order valence-corrected chi connectivity index (χ3v) is 4.17. The molecule has 0 fully saturated rings. The highest BCUT2D eigenvalue weighted by atomic mass is 19.1. The summed E-state index contributed by atoms with van der Waals surface area (Å²) < 4.78 is 13.8. The molecule has 2 rings (SSSR count). The van der Waals surface area contributed by atoms with Gasteiger partial charge in [-0.2, -0.15) is 0 Å². The van der Waals surface area contributed by atoms with Crippen molar-refractivity contribution in [2.75, 3.05) is 30.8 Å². The second kappa shape index (κ2) is 8.77. The van der Waals surface area contributed by atoms with Crippen molar-refractivity contribution in [3.05, 3.63) is 58.4 Å². The maximum atomic E-state index is 13.8.